The molecule has 2 aromatic heterocycles. The predicted octanol–water partition coefficient (Wildman–Crippen LogP) is 5.87. The first-order valence-corrected chi connectivity index (χ1v) is 16.0. The van der Waals surface area contributed by atoms with E-state index in [1.165, 1.54) is 6.20 Å². The fourth-order valence-electron chi connectivity index (χ4n) is 5.45. The smallest absolute Gasteiger partial charge is 0.341 e. The first-order valence-electron chi connectivity index (χ1n) is 16.0. The molecule has 0 aliphatic carbocycles. The van der Waals surface area contributed by atoms with Gasteiger partial charge in [0, 0.05) is 36.3 Å². The fourth-order valence-corrected chi connectivity index (χ4v) is 5.45. The molecule has 1 amide bonds. The average molecular weight is 672 g/mol. The zero-order valence-electron chi connectivity index (χ0n) is 28.0. The molecule has 4 aromatic carbocycles. The van der Waals surface area contributed by atoms with Crippen LogP contribution >= 0.6 is 0 Å². The number of rotatable bonds is 8. The second-order valence-electron chi connectivity index (χ2n) is 12.6. The Bertz CT molecular complexity index is 2290. The SMILES string of the molecule is CC(C)(C)OC(=O)CNC(=O)c1cn(Cc2ccccc2)c2ccccc2c1=O.O=C(O)c1cn(Cc2ccccc2)c2ccccc2c1=O. The van der Waals surface area contributed by atoms with Crippen molar-refractivity contribution < 1.29 is 24.2 Å². The van der Waals surface area contributed by atoms with Crippen LogP contribution < -0.4 is 16.2 Å². The number of carboxylic acid groups (broad SMARTS) is 1. The summed E-state index contributed by atoms with van der Waals surface area (Å²) in [5, 5.41) is 12.6. The maximum atomic E-state index is 12.9. The number of aromatic nitrogens is 2. The van der Waals surface area contributed by atoms with E-state index in [-0.39, 0.29) is 23.1 Å². The normalized spacial score (nSPS) is 11.0. The quantitative estimate of drug-likeness (QED) is 0.193. The number of esters is 1. The minimum atomic E-state index is -1.20. The highest BCUT2D eigenvalue weighted by molar-refractivity contribution is 5.98. The Morgan fingerprint density at radius 2 is 1.06 bits per heavy atom. The van der Waals surface area contributed by atoms with E-state index in [2.05, 4.69) is 5.32 Å². The summed E-state index contributed by atoms with van der Waals surface area (Å²) in [6.07, 6.45) is 2.96. The highest BCUT2D eigenvalue weighted by atomic mass is 16.6. The summed E-state index contributed by atoms with van der Waals surface area (Å²) in [5.74, 6) is -2.36. The van der Waals surface area contributed by atoms with Gasteiger partial charge in [0.2, 0.25) is 10.9 Å². The molecular formula is C40H37N3O7. The molecule has 0 saturated carbocycles. The lowest BCUT2D eigenvalue weighted by atomic mass is 10.1. The van der Waals surface area contributed by atoms with Crippen molar-refractivity contribution >= 4 is 39.7 Å². The molecular weight excluding hydrogens is 634 g/mol. The summed E-state index contributed by atoms with van der Waals surface area (Å²) in [4.78, 5) is 60.8. The van der Waals surface area contributed by atoms with Crippen LogP contribution in [0.5, 0.6) is 0 Å². The lowest BCUT2D eigenvalue weighted by Crippen LogP contribution is -2.36. The van der Waals surface area contributed by atoms with Crippen LogP contribution in [0.15, 0.2) is 131 Å². The van der Waals surface area contributed by atoms with Crippen molar-refractivity contribution in [2.24, 2.45) is 0 Å². The molecule has 0 spiro atoms. The molecule has 6 aromatic rings. The number of para-hydroxylation sites is 2. The molecule has 0 radical (unpaired) electrons. The van der Waals surface area contributed by atoms with Crippen LogP contribution in [0.4, 0.5) is 0 Å². The van der Waals surface area contributed by atoms with Crippen LogP contribution in [-0.4, -0.2) is 44.2 Å². The molecule has 50 heavy (non-hydrogen) atoms. The van der Waals surface area contributed by atoms with E-state index in [1.807, 2.05) is 89.5 Å². The van der Waals surface area contributed by atoms with Crippen molar-refractivity contribution in [1.82, 2.24) is 14.5 Å². The number of hydrogen-bond acceptors (Lipinski definition) is 6. The van der Waals surface area contributed by atoms with Crippen LogP contribution in [0.2, 0.25) is 0 Å². The summed E-state index contributed by atoms with van der Waals surface area (Å²) in [5.41, 5.74) is 1.89. The van der Waals surface area contributed by atoms with Gasteiger partial charge in [-0.2, -0.15) is 0 Å². The molecule has 10 heteroatoms. The van der Waals surface area contributed by atoms with Crippen molar-refractivity contribution in [2.45, 2.75) is 39.5 Å². The minimum Gasteiger partial charge on any atom is -0.477 e. The third-order valence-corrected chi connectivity index (χ3v) is 7.66. The third-order valence-electron chi connectivity index (χ3n) is 7.66. The van der Waals surface area contributed by atoms with Crippen molar-refractivity contribution in [1.29, 1.82) is 0 Å². The Morgan fingerprint density at radius 1 is 0.640 bits per heavy atom. The topological polar surface area (TPSA) is 137 Å². The van der Waals surface area contributed by atoms with Crippen LogP contribution in [0.3, 0.4) is 0 Å². The van der Waals surface area contributed by atoms with Gasteiger partial charge in [-0.15, -0.1) is 0 Å². The van der Waals surface area contributed by atoms with Gasteiger partial charge in [0.1, 0.15) is 23.3 Å². The van der Waals surface area contributed by atoms with E-state index in [4.69, 9.17) is 4.74 Å². The van der Waals surface area contributed by atoms with Crippen molar-refractivity contribution in [3.8, 4) is 0 Å². The van der Waals surface area contributed by atoms with Crippen LogP contribution in [0, 0.1) is 0 Å². The summed E-state index contributed by atoms with van der Waals surface area (Å²) in [6, 6.07) is 33.7. The first kappa shape index (κ1) is 35.0. The molecule has 0 bridgehead atoms. The third kappa shape index (κ3) is 8.59. The molecule has 6 rings (SSSR count). The summed E-state index contributed by atoms with van der Waals surface area (Å²) in [7, 11) is 0. The number of hydrogen-bond donors (Lipinski definition) is 2. The number of pyridine rings is 2. The molecule has 0 unspecified atom stereocenters. The zero-order chi connectivity index (χ0) is 35.8. The number of carbonyl (C=O) groups excluding carboxylic acids is 2. The predicted molar refractivity (Wildman–Crippen MR) is 193 cm³/mol. The number of carbonyl (C=O) groups is 3. The van der Waals surface area contributed by atoms with Gasteiger partial charge in [0.25, 0.3) is 5.91 Å². The fraction of sp³-hybridized carbons (Fsp3) is 0.175. The van der Waals surface area contributed by atoms with Crippen molar-refractivity contribution in [3.63, 3.8) is 0 Å². The molecule has 254 valence electrons. The number of ether oxygens (including phenoxy) is 1. The first-order chi connectivity index (χ1) is 23.9. The largest absolute Gasteiger partial charge is 0.477 e. The molecule has 2 heterocycles. The Kier molecular flexibility index (Phi) is 10.7. The number of benzene rings is 4. The molecule has 0 fully saturated rings. The van der Waals surface area contributed by atoms with Gasteiger partial charge in [-0.3, -0.25) is 19.2 Å². The number of nitrogens with zero attached hydrogens (tertiary/aromatic N) is 2. The number of aromatic carboxylic acids is 1. The summed E-state index contributed by atoms with van der Waals surface area (Å²) in [6.45, 7) is 5.96. The highest BCUT2D eigenvalue weighted by Gasteiger charge is 2.20. The average Bonchev–Trinajstić information content (AvgIpc) is 3.10. The maximum absolute atomic E-state index is 12.9. The van der Waals surface area contributed by atoms with E-state index in [0.717, 1.165) is 22.2 Å². The van der Waals surface area contributed by atoms with E-state index >= 15 is 0 Å². The molecule has 0 aliphatic rings. The van der Waals surface area contributed by atoms with Gasteiger partial charge in [0.05, 0.1) is 11.0 Å². The van der Waals surface area contributed by atoms with Crippen LogP contribution in [0.25, 0.3) is 21.8 Å². The lowest BCUT2D eigenvalue weighted by Gasteiger charge is -2.19. The maximum Gasteiger partial charge on any atom is 0.341 e. The molecule has 0 aliphatic heterocycles. The monoisotopic (exact) mass is 671 g/mol. The van der Waals surface area contributed by atoms with Gasteiger partial charge in [-0.1, -0.05) is 84.9 Å². The van der Waals surface area contributed by atoms with E-state index in [9.17, 15) is 29.1 Å². The molecule has 0 atom stereocenters. The number of carboxylic acids is 1. The second kappa shape index (κ2) is 15.3. The summed E-state index contributed by atoms with van der Waals surface area (Å²) >= 11 is 0. The van der Waals surface area contributed by atoms with E-state index in [1.54, 1.807) is 55.8 Å². The number of nitrogens with one attached hydrogen (secondary N) is 1. The van der Waals surface area contributed by atoms with Gasteiger partial charge in [-0.25, -0.2) is 4.79 Å². The summed E-state index contributed by atoms with van der Waals surface area (Å²) < 4.78 is 8.86. The second-order valence-corrected chi connectivity index (χ2v) is 12.6. The Labute approximate surface area is 288 Å². The van der Waals surface area contributed by atoms with Crippen molar-refractivity contribution in [3.05, 3.63) is 164 Å². The highest BCUT2D eigenvalue weighted by Crippen LogP contribution is 2.16. The van der Waals surface area contributed by atoms with Gasteiger partial charge < -0.3 is 24.3 Å². The lowest BCUT2D eigenvalue weighted by molar-refractivity contribution is -0.153. The van der Waals surface area contributed by atoms with Gasteiger partial charge in [0.15, 0.2) is 0 Å². The van der Waals surface area contributed by atoms with E-state index in [0.29, 0.717) is 23.9 Å². The Balaban J connectivity index is 0.000000204. The Morgan fingerprint density at radius 3 is 1.52 bits per heavy atom. The Hall–Kier alpha value is -6.29. The number of amides is 1. The van der Waals surface area contributed by atoms with Crippen molar-refractivity contribution in [2.75, 3.05) is 6.54 Å². The van der Waals surface area contributed by atoms with Gasteiger partial charge >= 0.3 is 11.9 Å². The number of fused-ring (bicyclic) bond motifs is 2. The molecule has 10 nitrogen and oxygen atoms in total. The standard InChI is InChI=1S/C23H24N2O4.C17H13NO3/c1-23(2,3)29-20(26)13-24-22(28)18-15-25(14-16-9-5-4-6-10-16)19-12-8-7-11-17(19)21(18)27;19-16-13-8-4-5-9-15(13)18(11-14(16)17(20)21)10-12-6-2-1-3-7-12/h4-12,15H,13-14H2,1-3H3,(H,24,28);1-9,11H,10H2,(H,20,21). The zero-order valence-corrected chi connectivity index (χ0v) is 28.0. The van der Waals surface area contributed by atoms with Crippen LogP contribution in [0.1, 0.15) is 52.6 Å². The molecule has 0 saturated heterocycles. The minimum absolute atomic E-state index is 0.0109. The van der Waals surface area contributed by atoms with Gasteiger partial charge in [-0.05, 0) is 56.2 Å². The van der Waals surface area contributed by atoms with Crippen LogP contribution in [-0.2, 0) is 22.6 Å². The molecule has 2 N–H and O–H groups in total. The van der Waals surface area contributed by atoms with E-state index < -0.39 is 28.9 Å².